The zero-order valence-corrected chi connectivity index (χ0v) is 12.6. The van der Waals surface area contributed by atoms with Gasteiger partial charge in [0.15, 0.2) is 6.61 Å². The molecule has 20 heavy (non-hydrogen) atoms. The highest BCUT2D eigenvalue weighted by molar-refractivity contribution is 6.32. The van der Waals surface area contributed by atoms with Crippen molar-refractivity contribution in [1.82, 2.24) is 10.6 Å². The molecule has 0 unspecified atom stereocenters. The Morgan fingerprint density at radius 1 is 1.40 bits per heavy atom. The van der Waals surface area contributed by atoms with Crippen LogP contribution in [-0.4, -0.2) is 39.3 Å². The van der Waals surface area contributed by atoms with E-state index in [0.29, 0.717) is 23.9 Å². The summed E-state index contributed by atoms with van der Waals surface area (Å²) in [4.78, 5) is 11.5. The minimum absolute atomic E-state index is 0.0595. The van der Waals surface area contributed by atoms with Crippen LogP contribution in [0.5, 0.6) is 5.75 Å². The van der Waals surface area contributed by atoms with Crippen molar-refractivity contribution in [2.45, 2.75) is 13.5 Å². The van der Waals surface area contributed by atoms with Crippen LogP contribution in [0.4, 0.5) is 0 Å². The summed E-state index contributed by atoms with van der Waals surface area (Å²) in [5.41, 5.74) is 1.08. The molecular formula is C14H21ClN2O3. The van der Waals surface area contributed by atoms with Gasteiger partial charge >= 0.3 is 0 Å². The third-order valence-electron chi connectivity index (χ3n) is 2.56. The second kappa shape index (κ2) is 9.58. The van der Waals surface area contributed by atoms with E-state index in [1.165, 1.54) is 0 Å². The van der Waals surface area contributed by atoms with E-state index >= 15 is 0 Å². The highest BCUT2D eigenvalue weighted by Crippen LogP contribution is 2.25. The number of halogens is 1. The highest BCUT2D eigenvalue weighted by Gasteiger charge is 2.06. The minimum Gasteiger partial charge on any atom is -0.482 e. The molecular weight excluding hydrogens is 280 g/mol. The number of carbonyl (C=O) groups excluding carboxylic acids is 1. The Kier molecular flexibility index (Phi) is 8.02. The summed E-state index contributed by atoms with van der Waals surface area (Å²) in [6.45, 7) is 4.59. The van der Waals surface area contributed by atoms with Gasteiger partial charge in [-0.15, -0.1) is 0 Å². The standard InChI is InChI=1S/C14H21ClN2O3/c1-3-16-9-11-4-5-13(12(15)8-11)20-10-14(18)17-6-7-19-2/h4-5,8,16H,3,6-7,9-10H2,1-2H3,(H,17,18). The number of nitrogens with one attached hydrogen (secondary N) is 2. The number of ether oxygens (including phenoxy) is 2. The van der Waals surface area contributed by atoms with Crippen LogP contribution in [0.25, 0.3) is 0 Å². The molecule has 0 fully saturated rings. The lowest BCUT2D eigenvalue weighted by atomic mass is 10.2. The summed E-state index contributed by atoms with van der Waals surface area (Å²) in [6, 6.07) is 5.53. The second-order valence-corrected chi connectivity index (χ2v) is 4.58. The lowest BCUT2D eigenvalue weighted by Crippen LogP contribution is -2.31. The van der Waals surface area contributed by atoms with Crippen LogP contribution in [0, 0.1) is 0 Å². The molecule has 0 bridgehead atoms. The van der Waals surface area contributed by atoms with Crippen molar-refractivity contribution in [3.63, 3.8) is 0 Å². The van der Waals surface area contributed by atoms with Crippen LogP contribution in [0.1, 0.15) is 12.5 Å². The molecule has 0 aliphatic rings. The molecule has 2 N–H and O–H groups in total. The van der Waals surface area contributed by atoms with Crippen molar-refractivity contribution >= 4 is 17.5 Å². The molecule has 0 saturated heterocycles. The average molecular weight is 301 g/mol. The molecule has 1 amide bonds. The van der Waals surface area contributed by atoms with Crippen LogP contribution >= 0.6 is 11.6 Å². The molecule has 1 aromatic carbocycles. The molecule has 0 atom stereocenters. The van der Waals surface area contributed by atoms with Crippen LogP contribution in [0.2, 0.25) is 5.02 Å². The second-order valence-electron chi connectivity index (χ2n) is 4.18. The molecule has 1 aromatic rings. The number of carbonyl (C=O) groups is 1. The maximum atomic E-state index is 11.5. The fourth-order valence-electron chi connectivity index (χ4n) is 1.53. The number of rotatable bonds is 9. The predicted molar refractivity (Wildman–Crippen MR) is 79.2 cm³/mol. The number of methoxy groups -OCH3 is 1. The van der Waals surface area contributed by atoms with Crippen molar-refractivity contribution < 1.29 is 14.3 Å². The fraction of sp³-hybridized carbons (Fsp3) is 0.500. The minimum atomic E-state index is -0.199. The molecule has 112 valence electrons. The average Bonchev–Trinajstić information content (AvgIpc) is 2.44. The van der Waals surface area contributed by atoms with E-state index in [1.54, 1.807) is 13.2 Å². The monoisotopic (exact) mass is 300 g/mol. The Morgan fingerprint density at radius 2 is 2.20 bits per heavy atom. The number of hydrogen-bond acceptors (Lipinski definition) is 4. The molecule has 0 radical (unpaired) electrons. The van der Waals surface area contributed by atoms with Crippen LogP contribution < -0.4 is 15.4 Å². The van der Waals surface area contributed by atoms with Crippen molar-refractivity contribution in [2.75, 3.05) is 33.4 Å². The Morgan fingerprint density at radius 3 is 2.85 bits per heavy atom. The SMILES string of the molecule is CCNCc1ccc(OCC(=O)NCCOC)c(Cl)c1. The quantitative estimate of drug-likeness (QED) is 0.680. The number of benzene rings is 1. The Bertz CT molecular complexity index is 427. The van der Waals surface area contributed by atoms with E-state index in [4.69, 9.17) is 21.1 Å². The van der Waals surface area contributed by atoms with Gasteiger partial charge in [0.05, 0.1) is 11.6 Å². The van der Waals surface area contributed by atoms with E-state index < -0.39 is 0 Å². The molecule has 0 spiro atoms. The van der Waals surface area contributed by atoms with Gasteiger partial charge in [0.2, 0.25) is 0 Å². The highest BCUT2D eigenvalue weighted by atomic mass is 35.5. The smallest absolute Gasteiger partial charge is 0.258 e. The zero-order chi connectivity index (χ0) is 14.8. The van der Waals surface area contributed by atoms with Crippen LogP contribution in [0.15, 0.2) is 18.2 Å². The third-order valence-corrected chi connectivity index (χ3v) is 2.86. The topological polar surface area (TPSA) is 59.6 Å². The van der Waals surface area contributed by atoms with Crippen molar-refractivity contribution in [3.8, 4) is 5.75 Å². The van der Waals surface area contributed by atoms with E-state index in [1.807, 2.05) is 19.1 Å². The van der Waals surface area contributed by atoms with E-state index in [0.717, 1.165) is 18.7 Å². The van der Waals surface area contributed by atoms with Gasteiger partial charge in [0.1, 0.15) is 5.75 Å². The number of amides is 1. The van der Waals surface area contributed by atoms with Crippen LogP contribution in [-0.2, 0) is 16.1 Å². The molecule has 0 aliphatic carbocycles. The van der Waals surface area contributed by atoms with E-state index in [2.05, 4.69) is 10.6 Å². The number of hydrogen-bond donors (Lipinski definition) is 2. The lowest BCUT2D eigenvalue weighted by Gasteiger charge is -2.10. The third kappa shape index (κ3) is 6.23. The van der Waals surface area contributed by atoms with Crippen molar-refractivity contribution in [3.05, 3.63) is 28.8 Å². The van der Waals surface area contributed by atoms with Crippen molar-refractivity contribution in [1.29, 1.82) is 0 Å². The predicted octanol–water partition coefficient (Wildman–Crippen LogP) is 1.59. The Hall–Kier alpha value is -1.30. The van der Waals surface area contributed by atoms with Gasteiger partial charge < -0.3 is 20.1 Å². The summed E-state index contributed by atoms with van der Waals surface area (Å²) in [5.74, 6) is 0.309. The molecule has 6 heteroatoms. The van der Waals surface area contributed by atoms with Gasteiger partial charge in [-0.3, -0.25) is 4.79 Å². The molecule has 0 aromatic heterocycles. The molecule has 0 heterocycles. The van der Waals surface area contributed by atoms with Gasteiger partial charge in [-0.05, 0) is 24.2 Å². The summed E-state index contributed by atoms with van der Waals surface area (Å²) in [7, 11) is 1.58. The Labute approximate surface area is 124 Å². The fourth-order valence-corrected chi connectivity index (χ4v) is 1.79. The van der Waals surface area contributed by atoms with E-state index in [-0.39, 0.29) is 12.5 Å². The van der Waals surface area contributed by atoms with Gasteiger partial charge in [0.25, 0.3) is 5.91 Å². The summed E-state index contributed by atoms with van der Waals surface area (Å²) >= 11 is 6.11. The summed E-state index contributed by atoms with van der Waals surface area (Å²) in [6.07, 6.45) is 0. The normalized spacial score (nSPS) is 10.3. The molecule has 5 nitrogen and oxygen atoms in total. The summed E-state index contributed by atoms with van der Waals surface area (Å²) in [5, 5.41) is 6.39. The molecule has 1 rings (SSSR count). The van der Waals surface area contributed by atoms with E-state index in [9.17, 15) is 4.79 Å². The lowest BCUT2D eigenvalue weighted by molar-refractivity contribution is -0.123. The van der Waals surface area contributed by atoms with Gasteiger partial charge in [0, 0.05) is 20.2 Å². The Balaban J connectivity index is 2.42. The first kappa shape index (κ1) is 16.8. The molecule has 0 aliphatic heterocycles. The largest absolute Gasteiger partial charge is 0.482 e. The van der Waals surface area contributed by atoms with Gasteiger partial charge in [-0.25, -0.2) is 0 Å². The van der Waals surface area contributed by atoms with Crippen LogP contribution in [0.3, 0.4) is 0 Å². The maximum absolute atomic E-state index is 11.5. The van der Waals surface area contributed by atoms with Gasteiger partial charge in [-0.2, -0.15) is 0 Å². The first-order chi connectivity index (χ1) is 9.67. The first-order valence-electron chi connectivity index (χ1n) is 6.55. The summed E-state index contributed by atoms with van der Waals surface area (Å²) < 4.78 is 10.2. The van der Waals surface area contributed by atoms with Gasteiger partial charge in [-0.1, -0.05) is 24.6 Å². The zero-order valence-electron chi connectivity index (χ0n) is 11.9. The van der Waals surface area contributed by atoms with Crippen molar-refractivity contribution in [2.24, 2.45) is 0 Å². The molecule has 0 saturated carbocycles. The first-order valence-corrected chi connectivity index (χ1v) is 6.92. The maximum Gasteiger partial charge on any atom is 0.258 e.